The molecule has 0 spiro atoms. The summed E-state index contributed by atoms with van der Waals surface area (Å²) in [6, 6.07) is 21.3. The van der Waals surface area contributed by atoms with Crippen molar-refractivity contribution in [3.8, 4) is 22.7 Å². The normalized spacial score (nSPS) is 11.0. The van der Waals surface area contributed by atoms with Crippen LogP contribution in [-0.4, -0.2) is 32.2 Å². The number of benzene rings is 3. The Labute approximate surface area is 177 Å². The Morgan fingerprint density at radius 2 is 1.90 bits per heavy atom. The summed E-state index contributed by atoms with van der Waals surface area (Å²) >= 11 is 5.91. The maximum Gasteiger partial charge on any atom is 0.275 e. The van der Waals surface area contributed by atoms with Crippen LogP contribution in [0.2, 0.25) is 5.02 Å². The lowest BCUT2D eigenvalue weighted by molar-refractivity contribution is 0.0952. The molecule has 8 heteroatoms. The van der Waals surface area contributed by atoms with E-state index in [2.05, 4.69) is 20.8 Å². The van der Waals surface area contributed by atoms with Crippen molar-refractivity contribution in [1.82, 2.24) is 20.4 Å². The Morgan fingerprint density at radius 3 is 2.67 bits per heavy atom. The van der Waals surface area contributed by atoms with Crippen LogP contribution in [-0.2, 0) is 0 Å². The fraction of sp³-hybridized carbons (Fsp3) is 0. The van der Waals surface area contributed by atoms with Crippen LogP contribution in [0.25, 0.3) is 16.9 Å². The van der Waals surface area contributed by atoms with E-state index in [-0.39, 0.29) is 11.3 Å². The van der Waals surface area contributed by atoms with Crippen LogP contribution < -0.4 is 5.43 Å². The predicted molar refractivity (Wildman–Crippen MR) is 115 cm³/mol. The number of amides is 1. The van der Waals surface area contributed by atoms with Crippen LogP contribution in [0.1, 0.15) is 15.9 Å². The summed E-state index contributed by atoms with van der Waals surface area (Å²) in [5, 5.41) is 23.0. The molecule has 1 amide bonds. The molecule has 0 aliphatic heterocycles. The van der Waals surface area contributed by atoms with Crippen LogP contribution in [0, 0.1) is 0 Å². The molecule has 0 fully saturated rings. The Bertz CT molecular complexity index is 1220. The topological polar surface area (TPSA) is 92.4 Å². The van der Waals surface area contributed by atoms with Gasteiger partial charge in [-0.3, -0.25) is 4.79 Å². The van der Waals surface area contributed by atoms with Gasteiger partial charge in [-0.1, -0.05) is 59.3 Å². The molecule has 0 aliphatic rings. The molecule has 148 valence electrons. The first-order chi connectivity index (χ1) is 14.6. The second kappa shape index (κ2) is 8.59. The van der Waals surface area contributed by atoms with E-state index in [1.807, 2.05) is 30.3 Å². The second-order valence-corrected chi connectivity index (χ2v) is 6.81. The number of rotatable bonds is 5. The van der Waals surface area contributed by atoms with E-state index >= 15 is 0 Å². The van der Waals surface area contributed by atoms with Gasteiger partial charge in [0.15, 0.2) is 0 Å². The lowest BCUT2D eigenvalue weighted by atomic mass is 10.1. The molecular formula is C22H16ClN5O2. The number of carbonyl (C=O) groups excluding carboxylic acids is 1. The summed E-state index contributed by atoms with van der Waals surface area (Å²) in [5.74, 6) is -0.736. The third kappa shape index (κ3) is 4.37. The summed E-state index contributed by atoms with van der Waals surface area (Å²) in [5.41, 5.74) is 5.42. The van der Waals surface area contributed by atoms with Gasteiger partial charge in [0.1, 0.15) is 11.4 Å². The van der Waals surface area contributed by atoms with Crippen LogP contribution in [0.5, 0.6) is 5.75 Å². The standard InChI is InChI=1S/C22H16ClN5O2/c23-17-8-4-5-15(11-17)13-24-26-22(30)19-10-9-18(12-21(19)29)28-14-20(25-27-28)16-6-2-1-3-7-16/h1-14,29H,(H,26,30). The molecule has 4 rings (SSSR count). The van der Waals surface area contributed by atoms with Crippen molar-refractivity contribution in [2.45, 2.75) is 0 Å². The zero-order valence-electron chi connectivity index (χ0n) is 15.6. The van der Waals surface area contributed by atoms with Crippen molar-refractivity contribution in [1.29, 1.82) is 0 Å². The van der Waals surface area contributed by atoms with Gasteiger partial charge in [-0.05, 0) is 29.8 Å². The van der Waals surface area contributed by atoms with Crippen LogP contribution in [0.4, 0.5) is 0 Å². The number of hydrazone groups is 1. The van der Waals surface area contributed by atoms with Gasteiger partial charge < -0.3 is 5.11 Å². The molecule has 0 unspecified atom stereocenters. The number of nitrogens with zero attached hydrogens (tertiary/aromatic N) is 4. The van der Waals surface area contributed by atoms with Gasteiger partial charge in [0, 0.05) is 16.7 Å². The van der Waals surface area contributed by atoms with Crippen molar-refractivity contribution in [2.75, 3.05) is 0 Å². The van der Waals surface area contributed by atoms with E-state index in [0.29, 0.717) is 16.4 Å². The number of hydrogen-bond donors (Lipinski definition) is 2. The first-order valence-electron chi connectivity index (χ1n) is 9.00. The Kier molecular flexibility index (Phi) is 5.54. The molecule has 2 N–H and O–H groups in total. The Balaban J connectivity index is 1.48. The average molecular weight is 418 g/mol. The molecule has 3 aromatic carbocycles. The van der Waals surface area contributed by atoms with E-state index in [9.17, 15) is 9.90 Å². The van der Waals surface area contributed by atoms with E-state index < -0.39 is 5.91 Å². The minimum atomic E-state index is -0.541. The first kappa shape index (κ1) is 19.4. The number of aromatic hydroxyl groups is 1. The molecule has 0 bridgehead atoms. The highest BCUT2D eigenvalue weighted by Gasteiger charge is 2.13. The molecule has 4 aromatic rings. The number of phenolic OH excluding ortho intramolecular Hbond substituents is 1. The van der Waals surface area contributed by atoms with E-state index in [0.717, 1.165) is 11.1 Å². The lowest BCUT2D eigenvalue weighted by Crippen LogP contribution is -2.17. The SMILES string of the molecule is O=C(NN=Cc1cccc(Cl)c1)c1ccc(-n2cc(-c3ccccc3)nn2)cc1O. The summed E-state index contributed by atoms with van der Waals surface area (Å²) in [7, 11) is 0. The smallest absolute Gasteiger partial charge is 0.275 e. The van der Waals surface area contributed by atoms with Crippen molar-refractivity contribution in [3.63, 3.8) is 0 Å². The highest BCUT2D eigenvalue weighted by molar-refractivity contribution is 6.30. The summed E-state index contributed by atoms with van der Waals surface area (Å²) in [6.07, 6.45) is 3.22. The molecule has 30 heavy (non-hydrogen) atoms. The highest BCUT2D eigenvalue weighted by Crippen LogP contribution is 2.22. The fourth-order valence-corrected chi connectivity index (χ4v) is 3.00. The lowest BCUT2D eigenvalue weighted by Gasteiger charge is -2.06. The average Bonchev–Trinajstić information content (AvgIpc) is 3.25. The van der Waals surface area contributed by atoms with Gasteiger partial charge >= 0.3 is 0 Å². The van der Waals surface area contributed by atoms with E-state index in [1.165, 1.54) is 23.0 Å². The third-order valence-corrected chi connectivity index (χ3v) is 4.52. The molecule has 0 saturated carbocycles. The van der Waals surface area contributed by atoms with Crippen LogP contribution in [0.15, 0.2) is 84.1 Å². The van der Waals surface area contributed by atoms with Crippen molar-refractivity contribution in [2.24, 2.45) is 5.10 Å². The number of aromatic nitrogens is 3. The maximum atomic E-state index is 12.3. The monoisotopic (exact) mass is 417 g/mol. The molecule has 7 nitrogen and oxygen atoms in total. The molecule has 1 aromatic heterocycles. The maximum absolute atomic E-state index is 12.3. The van der Waals surface area contributed by atoms with Crippen LogP contribution >= 0.6 is 11.6 Å². The van der Waals surface area contributed by atoms with Gasteiger partial charge in [-0.25, -0.2) is 10.1 Å². The fourth-order valence-electron chi connectivity index (χ4n) is 2.80. The number of nitrogens with one attached hydrogen (secondary N) is 1. The quantitative estimate of drug-likeness (QED) is 0.378. The number of halogens is 1. The van der Waals surface area contributed by atoms with Gasteiger partial charge in [0.25, 0.3) is 5.91 Å². The number of phenols is 1. The highest BCUT2D eigenvalue weighted by atomic mass is 35.5. The molecule has 0 radical (unpaired) electrons. The van der Waals surface area contributed by atoms with Crippen LogP contribution in [0.3, 0.4) is 0 Å². The molecule has 0 aliphatic carbocycles. The first-order valence-corrected chi connectivity index (χ1v) is 9.38. The summed E-state index contributed by atoms with van der Waals surface area (Å²) in [6.45, 7) is 0. The molecular weight excluding hydrogens is 402 g/mol. The second-order valence-electron chi connectivity index (χ2n) is 6.37. The summed E-state index contributed by atoms with van der Waals surface area (Å²) < 4.78 is 1.53. The largest absolute Gasteiger partial charge is 0.507 e. The minimum absolute atomic E-state index is 0.0883. The summed E-state index contributed by atoms with van der Waals surface area (Å²) in [4.78, 5) is 12.3. The Hall–Kier alpha value is -3.97. The van der Waals surface area contributed by atoms with Gasteiger partial charge in [-0.2, -0.15) is 5.10 Å². The third-order valence-electron chi connectivity index (χ3n) is 4.28. The van der Waals surface area contributed by atoms with Crippen molar-refractivity contribution < 1.29 is 9.90 Å². The minimum Gasteiger partial charge on any atom is -0.507 e. The Morgan fingerprint density at radius 1 is 1.07 bits per heavy atom. The van der Waals surface area contributed by atoms with Crippen molar-refractivity contribution in [3.05, 3.63) is 95.1 Å². The van der Waals surface area contributed by atoms with Gasteiger partial charge in [0.05, 0.1) is 23.7 Å². The molecule has 1 heterocycles. The molecule has 0 atom stereocenters. The van der Waals surface area contributed by atoms with Crippen molar-refractivity contribution >= 4 is 23.7 Å². The molecule has 0 saturated heterocycles. The van der Waals surface area contributed by atoms with Gasteiger partial charge in [0.2, 0.25) is 0 Å². The zero-order chi connectivity index (χ0) is 20.9. The zero-order valence-corrected chi connectivity index (χ0v) is 16.4. The van der Waals surface area contributed by atoms with Gasteiger partial charge in [-0.15, -0.1) is 5.10 Å². The van der Waals surface area contributed by atoms with E-state index in [4.69, 9.17) is 11.6 Å². The number of carbonyl (C=O) groups is 1. The van der Waals surface area contributed by atoms with E-state index in [1.54, 1.807) is 36.5 Å². The predicted octanol–water partition coefficient (Wildman–Crippen LogP) is 4.06. The number of hydrogen-bond acceptors (Lipinski definition) is 5.